The summed E-state index contributed by atoms with van der Waals surface area (Å²) in [5.74, 6) is 0.980. The molecule has 0 unspecified atom stereocenters. The van der Waals surface area contributed by atoms with Crippen molar-refractivity contribution in [1.82, 2.24) is 19.8 Å². The third-order valence-electron chi connectivity index (χ3n) is 7.12. The predicted molar refractivity (Wildman–Crippen MR) is 144 cm³/mol. The summed E-state index contributed by atoms with van der Waals surface area (Å²) in [6, 6.07) is 16.9. The van der Waals surface area contributed by atoms with Crippen molar-refractivity contribution in [3.05, 3.63) is 76.7 Å². The van der Waals surface area contributed by atoms with Gasteiger partial charge in [-0.3, -0.25) is 4.90 Å². The Balaban J connectivity index is 1.37. The number of aromatic hydroxyl groups is 1. The first-order valence-electron chi connectivity index (χ1n) is 12.9. The Kier molecular flexibility index (Phi) is 9.13. The number of likely N-dealkylation sites (tertiary alicyclic amines) is 1. The highest BCUT2D eigenvalue weighted by Gasteiger charge is 2.23. The largest absolute Gasteiger partial charge is 0.506 e. The van der Waals surface area contributed by atoms with Crippen molar-refractivity contribution in [2.24, 2.45) is 0 Å². The Morgan fingerprint density at radius 2 is 1.86 bits per heavy atom. The number of rotatable bonds is 10. The quantitative estimate of drug-likeness (QED) is 0.377. The second-order valence-corrected chi connectivity index (χ2v) is 9.83. The molecule has 0 spiro atoms. The third kappa shape index (κ3) is 7.03. The highest BCUT2D eigenvalue weighted by Crippen LogP contribution is 2.25. The lowest BCUT2D eigenvalue weighted by molar-refractivity contribution is 0.110. The number of hydrogen-bond acceptors (Lipinski definition) is 5. The molecule has 5 nitrogen and oxygen atoms in total. The number of phenolic OH excluding ortho intramolecular Hbond substituents is 1. The summed E-state index contributed by atoms with van der Waals surface area (Å²) in [6.45, 7) is 10.2. The fourth-order valence-electron chi connectivity index (χ4n) is 5.00. The highest BCUT2D eigenvalue weighted by atomic mass is 35.5. The average Bonchev–Trinajstić information content (AvgIpc) is 2.90. The molecular weight excluding hydrogens is 456 g/mol. The van der Waals surface area contributed by atoms with E-state index in [4.69, 9.17) is 16.6 Å². The maximum atomic E-state index is 9.60. The van der Waals surface area contributed by atoms with Crippen molar-refractivity contribution in [2.45, 2.75) is 58.5 Å². The SMILES string of the molecule is CCN1CCC(N(CC)Cc2cccc(-c3ccnc(CCCc4ccc(O)c(Cl)c4)n3)c2)CC1. The van der Waals surface area contributed by atoms with Gasteiger partial charge in [-0.05, 0) is 87.3 Å². The van der Waals surface area contributed by atoms with Gasteiger partial charge in [-0.15, -0.1) is 0 Å². The van der Waals surface area contributed by atoms with Crippen LogP contribution >= 0.6 is 11.6 Å². The number of halogens is 1. The zero-order valence-electron chi connectivity index (χ0n) is 21.0. The first kappa shape index (κ1) is 25.6. The predicted octanol–water partition coefficient (Wildman–Crippen LogP) is 5.98. The number of hydrogen-bond donors (Lipinski definition) is 1. The minimum absolute atomic E-state index is 0.123. The van der Waals surface area contributed by atoms with E-state index in [1.165, 1.54) is 31.5 Å². The molecule has 0 saturated carbocycles. The molecule has 0 bridgehead atoms. The first-order valence-corrected chi connectivity index (χ1v) is 13.3. The Bertz CT molecular complexity index is 1100. The summed E-state index contributed by atoms with van der Waals surface area (Å²) in [7, 11) is 0. The monoisotopic (exact) mass is 492 g/mol. The van der Waals surface area contributed by atoms with Crippen molar-refractivity contribution in [2.75, 3.05) is 26.2 Å². The van der Waals surface area contributed by atoms with E-state index in [0.717, 1.165) is 61.5 Å². The van der Waals surface area contributed by atoms with Gasteiger partial charge in [0.05, 0.1) is 10.7 Å². The fraction of sp³-hybridized carbons (Fsp3) is 0.448. The smallest absolute Gasteiger partial charge is 0.134 e. The summed E-state index contributed by atoms with van der Waals surface area (Å²) in [4.78, 5) is 14.5. The molecule has 2 heterocycles. The lowest BCUT2D eigenvalue weighted by Gasteiger charge is -2.37. The molecule has 1 aromatic heterocycles. The van der Waals surface area contributed by atoms with Crippen LogP contribution in [0, 0.1) is 0 Å². The minimum atomic E-state index is 0.123. The number of aryl methyl sites for hydroxylation is 2. The number of piperidine rings is 1. The van der Waals surface area contributed by atoms with Crippen LogP contribution in [0.2, 0.25) is 5.02 Å². The fourth-order valence-corrected chi connectivity index (χ4v) is 5.20. The lowest BCUT2D eigenvalue weighted by atomic mass is 10.0. The van der Waals surface area contributed by atoms with Gasteiger partial charge in [-0.25, -0.2) is 9.97 Å². The summed E-state index contributed by atoms with van der Waals surface area (Å²) in [5.41, 5.74) is 4.57. The molecule has 0 atom stereocenters. The molecule has 35 heavy (non-hydrogen) atoms. The van der Waals surface area contributed by atoms with Crippen LogP contribution in [-0.2, 0) is 19.4 Å². The van der Waals surface area contributed by atoms with Crippen LogP contribution in [0.3, 0.4) is 0 Å². The van der Waals surface area contributed by atoms with Gasteiger partial charge < -0.3 is 10.0 Å². The van der Waals surface area contributed by atoms with Crippen LogP contribution in [-0.4, -0.2) is 57.1 Å². The van der Waals surface area contributed by atoms with Gasteiger partial charge in [-0.2, -0.15) is 0 Å². The van der Waals surface area contributed by atoms with Gasteiger partial charge in [0, 0.05) is 30.8 Å². The zero-order chi connectivity index (χ0) is 24.6. The molecule has 2 aromatic carbocycles. The van der Waals surface area contributed by atoms with E-state index in [-0.39, 0.29) is 5.75 Å². The van der Waals surface area contributed by atoms with E-state index >= 15 is 0 Å². The van der Waals surface area contributed by atoms with E-state index in [9.17, 15) is 5.11 Å². The van der Waals surface area contributed by atoms with Crippen molar-refractivity contribution in [3.63, 3.8) is 0 Å². The Labute approximate surface area is 214 Å². The Morgan fingerprint density at radius 3 is 2.60 bits per heavy atom. The van der Waals surface area contributed by atoms with Gasteiger partial charge in [0.2, 0.25) is 0 Å². The highest BCUT2D eigenvalue weighted by molar-refractivity contribution is 6.32. The van der Waals surface area contributed by atoms with Crippen molar-refractivity contribution >= 4 is 11.6 Å². The molecule has 0 amide bonds. The second kappa shape index (κ2) is 12.5. The van der Waals surface area contributed by atoms with Crippen molar-refractivity contribution in [3.8, 4) is 17.0 Å². The van der Waals surface area contributed by atoms with E-state index in [2.05, 4.69) is 52.9 Å². The average molecular weight is 493 g/mol. The number of phenols is 1. The van der Waals surface area contributed by atoms with Crippen LogP contribution in [0.4, 0.5) is 0 Å². The molecule has 1 fully saturated rings. The summed E-state index contributed by atoms with van der Waals surface area (Å²) >= 11 is 6.03. The molecule has 6 heteroatoms. The molecule has 1 aliphatic rings. The van der Waals surface area contributed by atoms with Gasteiger partial charge >= 0.3 is 0 Å². The summed E-state index contributed by atoms with van der Waals surface area (Å²) in [6.07, 6.45) is 6.97. The Morgan fingerprint density at radius 1 is 1.03 bits per heavy atom. The molecule has 0 aliphatic carbocycles. The van der Waals surface area contributed by atoms with Crippen LogP contribution in [0.15, 0.2) is 54.7 Å². The van der Waals surface area contributed by atoms with Gasteiger partial charge in [0.15, 0.2) is 0 Å². The molecular formula is C29H37ClN4O. The molecule has 1 N–H and O–H groups in total. The van der Waals surface area contributed by atoms with Crippen molar-refractivity contribution in [1.29, 1.82) is 0 Å². The maximum absolute atomic E-state index is 9.60. The topological polar surface area (TPSA) is 52.5 Å². The summed E-state index contributed by atoms with van der Waals surface area (Å²) < 4.78 is 0. The molecule has 186 valence electrons. The molecule has 1 saturated heterocycles. The van der Waals surface area contributed by atoms with E-state index in [0.29, 0.717) is 11.1 Å². The van der Waals surface area contributed by atoms with Crippen molar-refractivity contribution < 1.29 is 5.11 Å². The third-order valence-corrected chi connectivity index (χ3v) is 7.42. The van der Waals surface area contributed by atoms with E-state index in [1.54, 1.807) is 6.07 Å². The normalized spacial score (nSPS) is 15.1. The van der Waals surface area contributed by atoms with Gasteiger partial charge in [0.25, 0.3) is 0 Å². The van der Waals surface area contributed by atoms with Crippen LogP contribution in [0.5, 0.6) is 5.75 Å². The van der Waals surface area contributed by atoms with Crippen LogP contribution in [0.25, 0.3) is 11.3 Å². The summed E-state index contributed by atoms with van der Waals surface area (Å²) in [5, 5.41) is 9.99. The van der Waals surface area contributed by atoms with Gasteiger partial charge in [0.1, 0.15) is 11.6 Å². The standard InChI is InChI=1S/C29H37ClN4O/c1-3-33-17-14-25(15-18-33)34(4-2)21-23-8-5-9-24(19-23)27-13-16-31-29(32-27)10-6-7-22-11-12-28(35)26(30)20-22/h5,8-9,11-13,16,19-20,25,35H,3-4,6-7,10,14-15,17-18,21H2,1-2H3. The maximum Gasteiger partial charge on any atom is 0.134 e. The number of benzene rings is 2. The first-order chi connectivity index (χ1) is 17.1. The molecule has 3 aromatic rings. The number of nitrogens with zero attached hydrogens (tertiary/aromatic N) is 4. The molecule has 4 rings (SSSR count). The number of aromatic nitrogens is 2. The Hall–Kier alpha value is -2.47. The van der Waals surface area contributed by atoms with Gasteiger partial charge in [-0.1, -0.05) is 49.7 Å². The van der Waals surface area contributed by atoms with Crippen LogP contribution < -0.4 is 0 Å². The lowest BCUT2D eigenvalue weighted by Crippen LogP contribution is -2.44. The molecule has 0 radical (unpaired) electrons. The van der Waals surface area contributed by atoms with Crippen LogP contribution in [0.1, 0.15) is 50.1 Å². The second-order valence-electron chi connectivity index (χ2n) is 9.43. The minimum Gasteiger partial charge on any atom is -0.506 e. The van der Waals surface area contributed by atoms with E-state index < -0.39 is 0 Å². The molecule has 1 aliphatic heterocycles. The van der Waals surface area contributed by atoms with E-state index in [1.807, 2.05) is 24.4 Å². The zero-order valence-corrected chi connectivity index (χ0v) is 21.7.